The van der Waals surface area contributed by atoms with Crippen molar-refractivity contribution in [2.45, 2.75) is 33.7 Å². The lowest BCUT2D eigenvalue weighted by Gasteiger charge is -2.26. The zero-order valence-electron chi connectivity index (χ0n) is 17.0. The van der Waals surface area contributed by atoms with Crippen molar-refractivity contribution in [1.29, 1.82) is 0 Å². The van der Waals surface area contributed by atoms with E-state index in [1.807, 2.05) is 45.0 Å². The number of rotatable bonds is 6. The molecule has 0 fully saturated rings. The highest BCUT2D eigenvalue weighted by Crippen LogP contribution is 2.25. The highest BCUT2D eigenvalue weighted by atomic mass is 16.5. The largest absolute Gasteiger partial charge is 0.483 e. The van der Waals surface area contributed by atoms with Crippen LogP contribution < -0.4 is 4.74 Å². The molecule has 3 rings (SSSR count). The summed E-state index contributed by atoms with van der Waals surface area (Å²) in [5.74, 6) is 0.726. The number of carbonyl (C=O) groups excluding carboxylic acids is 1. The standard InChI is InChI=1S/C22H26N4O2/c1-15-10-16(2)22(17(3)11-15)28-12-21(27)25(5)18(4)19-6-8-20(9-7-19)26-14-23-13-24-26/h6-11,13-14,18H,12H2,1-5H3. The van der Waals surface area contributed by atoms with Crippen LogP contribution in [0.3, 0.4) is 0 Å². The number of benzene rings is 2. The molecule has 0 aliphatic carbocycles. The van der Waals surface area contributed by atoms with Crippen LogP contribution in [0.5, 0.6) is 5.75 Å². The summed E-state index contributed by atoms with van der Waals surface area (Å²) in [4.78, 5) is 18.3. The first-order chi connectivity index (χ1) is 13.4. The molecule has 0 N–H and O–H groups in total. The summed E-state index contributed by atoms with van der Waals surface area (Å²) in [6, 6.07) is 12.0. The minimum atomic E-state index is -0.0684. The second-order valence-electron chi connectivity index (χ2n) is 7.13. The molecule has 28 heavy (non-hydrogen) atoms. The third-order valence-corrected chi connectivity index (χ3v) is 4.98. The van der Waals surface area contributed by atoms with E-state index in [2.05, 4.69) is 29.1 Å². The van der Waals surface area contributed by atoms with E-state index in [-0.39, 0.29) is 18.6 Å². The molecule has 6 heteroatoms. The van der Waals surface area contributed by atoms with Gasteiger partial charge in [-0.1, -0.05) is 29.8 Å². The van der Waals surface area contributed by atoms with Crippen LogP contribution in [0.15, 0.2) is 49.1 Å². The quantitative estimate of drug-likeness (QED) is 0.655. The van der Waals surface area contributed by atoms with Crippen LogP contribution in [-0.2, 0) is 4.79 Å². The van der Waals surface area contributed by atoms with E-state index in [1.165, 1.54) is 11.9 Å². The SMILES string of the molecule is Cc1cc(C)c(OCC(=O)N(C)C(C)c2ccc(-n3cncn3)cc2)c(C)c1. The second kappa shape index (κ2) is 8.25. The average molecular weight is 378 g/mol. The summed E-state index contributed by atoms with van der Waals surface area (Å²) >= 11 is 0. The molecule has 3 aromatic rings. The maximum absolute atomic E-state index is 12.7. The van der Waals surface area contributed by atoms with Gasteiger partial charge in [0.1, 0.15) is 18.4 Å². The Balaban J connectivity index is 1.64. The van der Waals surface area contributed by atoms with Gasteiger partial charge >= 0.3 is 0 Å². The number of aryl methyl sites for hydroxylation is 3. The van der Waals surface area contributed by atoms with Gasteiger partial charge in [0.2, 0.25) is 0 Å². The minimum absolute atomic E-state index is 0.0165. The number of nitrogens with zero attached hydrogens (tertiary/aromatic N) is 4. The van der Waals surface area contributed by atoms with E-state index in [0.717, 1.165) is 28.1 Å². The number of carbonyl (C=O) groups is 1. The van der Waals surface area contributed by atoms with E-state index in [0.29, 0.717) is 0 Å². The lowest BCUT2D eigenvalue weighted by atomic mass is 10.1. The van der Waals surface area contributed by atoms with Crippen LogP contribution in [0, 0.1) is 20.8 Å². The van der Waals surface area contributed by atoms with E-state index in [4.69, 9.17) is 4.74 Å². The lowest BCUT2D eigenvalue weighted by molar-refractivity contribution is -0.134. The van der Waals surface area contributed by atoms with Crippen molar-refractivity contribution in [3.05, 3.63) is 71.3 Å². The molecule has 146 valence electrons. The number of amides is 1. The number of ether oxygens (including phenoxy) is 1. The number of hydrogen-bond donors (Lipinski definition) is 0. The summed E-state index contributed by atoms with van der Waals surface area (Å²) in [5.41, 5.74) is 5.25. The Morgan fingerprint density at radius 1 is 1.14 bits per heavy atom. The lowest BCUT2D eigenvalue weighted by Crippen LogP contribution is -2.33. The Morgan fingerprint density at radius 3 is 2.36 bits per heavy atom. The van der Waals surface area contributed by atoms with Gasteiger partial charge in [0.15, 0.2) is 6.61 Å². The smallest absolute Gasteiger partial charge is 0.260 e. The van der Waals surface area contributed by atoms with Crippen LogP contribution in [0.4, 0.5) is 0 Å². The molecule has 1 aromatic heterocycles. The number of aromatic nitrogens is 3. The Kier molecular flexibility index (Phi) is 5.78. The maximum Gasteiger partial charge on any atom is 0.260 e. The number of hydrogen-bond acceptors (Lipinski definition) is 4. The summed E-state index contributed by atoms with van der Waals surface area (Å²) < 4.78 is 7.55. The van der Waals surface area contributed by atoms with Crippen LogP contribution in [0.2, 0.25) is 0 Å². The topological polar surface area (TPSA) is 60.2 Å². The molecule has 0 radical (unpaired) electrons. The summed E-state index contributed by atoms with van der Waals surface area (Å²) in [6.45, 7) is 8.08. The fraction of sp³-hybridized carbons (Fsp3) is 0.318. The zero-order valence-corrected chi connectivity index (χ0v) is 17.0. The van der Waals surface area contributed by atoms with Crippen molar-refractivity contribution in [2.24, 2.45) is 0 Å². The van der Waals surface area contributed by atoms with Crippen molar-refractivity contribution in [3.63, 3.8) is 0 Å². The van der Waals surface area contributed by atoms with Crippen LogP contribution in [-0.4, -0.2) is 39.2 Å². The molecular weight excluding hydrogens is 352 g/mol. The van der Waals surface area contributed by atoms with Crippen molar-refractivity contribution >= 4 is 5.91 Å². The molecule has 0 spiro atoms. The van der Waals surface area contributed by atoms with E-state index >= 15 is 0 Å². The average Bonchev–Trinajstić information content (AvgIpc) is 3.20. The molecule has 0 bridgehead atoms. The zero-order chi connectivity index (χ0) is 20.3. The molecule has 0 aliphatic rings. The highest BCUT2D eigenvalue weighted by molar-refractivity contribution is 5.78. The van der Waals surface area contributed by atoms with Gasteiger partial charge in [-0.05, 0) is 56.5 Å². The van der Waals surface area contributed by atoms with Crippen LogP contribution in [0.25, 0.3) is 5.69 Å². The predicted molar refractivity (Wildman–Crippen MR) is 109 cm³/mol. The fourth-order valence-corrected chi connectivity index (χ4v) is 3.32. The van der Waals surface area contributed by atoms with E-state index in [9.17, 15) is 4.79 Å². The monoisotopic (exact) mass is 378 g/mol. The third-order valence-electron chi connectivity index (χ3n) is 4.98. The Labute approximate surface area is 165 Å². The minimum Gasteiger partial charge on any atom is -0.483 e. The van der Waals surface area contributed by atoms with Crippen molar-refractivity contribution in [2.75, 3.05) is 13.7 Å². The van der Waals surface area contributed by atoms with Gasteiger partial charge in [0.05, 0.1) is 11.7 Å². The molecule has 6 nitrogen and oxygen atoms in total. The molecule has 0 saturated carbocycles. The number of likely N-dealkylation sites (N-methyl/N-ethyl adjacent to an activating group) is 1. The molecule has 1 unspecified atom stereocenters. The summed E-state index contributed by atoms with van der Waals surface area (Å²) in [6.07, 6.45) is 3.15. The molecule has 1 amide bonds. The van der Waals surface area contributed by atoms with Gasteiger partial charge in [-0.2, -0.15) is 5.10 Å². The first kappa shape index (κ1) is 19.6. The molecule has 0 aliphatic heterocycles. The van der Waals surface area contributed by atoms with E-state index < -0.39 is 0 Å². The first-order valence-corrected chi connectivity index (χ1v) is 9.28. The Morgan fingerprint density at radius 2 is 1.79 bits per heavy atom. The van der Waals surface area contributed by atoms with Gasteiger partial charge < -0.3 is 9.64 Å². The summed E-state index contributed by atoms with van der Waals surface area (Å²) in [5, 5.41) is 4.12. The molecule has 0 saturated heterocycles. The maximum atomic E-state index is 12.7. The molecule has 2 aromatic carbocycles. The van der Waals surface area contributed by atoms with Crippen molar-refractivity contribution < 1.29 is 9.53 Å². The Bertz CT molecular complexity index is 926. The molecular formula is C22H26N4O2. The van der Waals surface area contributed by atoms with Crippen molar-refractivity contribution in [3.8, 4) is 11.4 Å². The fourth-order valence-electron chi connectivity index (χ4n) is 3.32. The summed E-state index contributed by atoms with van der Waals surface area (Å²) in [7, 11) is 1.80. The van der Waals surface area contributed by atoms with Gasteiger partial charge in [-0.25, -0.2) is 9.67 Å². The first-order valence-electron chi connectivity index (χ1n) is 9.28. The van der Waals surface area contributed by atoms with Gasteiger partial charge in [-0.15, -0.1) is 0 Å². The van der Waals surface area contributed by atoms with Gasteiger partial charge in [-0.3, -0.25) is 4.79 Å². The Hall–Kier alpha value is -3.15. The molecule has 1 heterocycles. The van der Waals surface area contributed by atoms with E-state index in [1.54, 1.807) is 23.0 Å². The second-order valence-corrected chi connectivity index (χ2v) is 7.13. The third kappa shape index (κ3) is 4.22. The van der Waals surface area contributed by atoms with Gasteiger partial charge in [0, 0.05) is 7.05 Å². The van der Waals surface area contributed by atoms with Crippen LogP contribution >= 0.6 is 0 Å². The normalized spacial score (nSPS) is 11.9. The van der Waals surface area contributed by atoms with Gasteiger partial charge in [0.25, 0.3) is 5.91 Å². The molecule has 1 atom stereocenters. The highest BCUT2D eigenvalue weighted by Gasteiger charge is 2.19. The van der Waals surface area contributed by atoms with Crippen molar-refractivity contribution in [1.82, 2.24) is 19.7 Å². The van der Waals surface area contributed by atoms with Crippen LogP contribution in [0.1, 0.15) is 35.2 Å². The predicted octanol–water partition coefficient (Wildman–Crippen LogP) is 3.79.